The van der Waals surface area contributed by atoms with Crippen LogP contribution in [0.25, 0.3) is 0 Å². The number of rotatable bonds is 6. The number of nitrogens with one attached hydrogen (secondary N) is 2. The van der Waals surface area contributed by atoms with Crippen molar-refractivity contribution in [3.05, 3.63) is 0 Å². The second kappa shape index (κ2) is 9.41. The molecule has 0 aromatic rings. The maximum Gasteiger partial charge on any atom is 0.243 e. The van der Waals surface area contributed by atoms with Gasteiger partial charge in [-0.2, -0.15) is 0 Å². The molecule has 6 heteroatoms. The van der Waals surface area contributed by atoms with Crippen LogP contribution < -0.4 is 10.6 Å². The molecule has 2 aliphatic rings. The first-order valence-electron chi connectivity index (χ1n) is 9.66. The van der Waals surface area contributed by atoms with Crippen molar-refractivity contribution in [2.75, 3.05) is 46.9 Å². The summed E-state index contributed by atoms with van der Waals surface area (Å²) in [7, 11) is 3.52. The fourth-order valence-electron chi connectivity index (χ4n) is 3.35. The van der Waals surface area contributed by atoms with Crippen molar-refractivity contribution in [1.29, 1.82) is 0 Å². The van der Waals surface area contributed by atoms with Crippen molar-refractivity contribution in [3.8, 4) is 0 Å². The van der Waals surface area contributed by atoms with Crippen LogP contribution in [0.5, 0.6) is 0 Å². The molecule has 1 aliphatic heterocycles. The average molecular weight is 353 g/mol. The number of hydrogen-bond donors (Lipinski definition) is 2. The summed E-state index contributed by atoms with van der Waals surface area (Å²) in [6.07, 6.45) is 6.20. The molecule has 6 nitrogen and oxygen atoms in total. The monoisotopic (exact) mass is 352 g/mol. The van der Waals surface area contributed by atoms with E-state index in [4.69, 9.17) is 4.74 Å². The lowest BCUT2D eigenvalue weighted by Gasteiger charge is -2.34. The Balaban J connectivity index is 1.82. The van der Waals surface area contributed by atoms with E-state index in [-0.39, 0.29) is 12.5 Å². The molecule has 0 aromatic heterocycles. The average Bonchev–Trinajstić information content (AvgIpc) is 3.08. The molecule has 2 fully saturated rings. The van der Waals surface area contributed by atoms with Gasteiger partial charge in [0, 0.05) is 39.7 Å². The highest BCUT2D eigenvalue weighted by atomic mass is 16.5. The molecule has 0 radical (unpaired) electrons. The Hall–Kier alpha value is -1.30. The highest BCUT2D eigenvalue weighted by Gasteiger charge is 2.26. The van der Waals surface area contributed by atoms with E-state index in [1.165, 1.54) is 25.7 Å². The van der Waals surface area contributed by atoms with Crippen molar-refractivity contribution in [2.45, 2.75) is 46.0 Å². The second-order valence-corrected chi connectivity index (χ2v) is 8.55. The van der Waals surface area contributed by atoms with Crippen molar-refractivity contribution >= 4 is 11.9 Å². The van der Waals surface area contributed by atoms with Gasteiger partial charge < -0.3 is 20.3 Å². The standard InChI is InChI=1S/C19H36N4O2/c1-19(2)8-5-15(6-9-19)11-20-18(22-13-17(24)23(3)4)21-12-16-7-10-25-14-16/h15-16H,5-14H2,1-4H3,(H2,20,21,22). The Morgan fingerprint density at radius 1 is 1.12 bits per heavy atom. The number of hydrogen-bond acceptors (Lipinski definition) is 3. The van der Waals surface area contributed by atoms with E-state index in [2.05, 4.69) is 29.5 Å². The van der Waals surface area contributed by atoms with Crippen molar-refractivity contribution in [1.82, 2.24) is 15.5 Å². The number of amides is 1. The van der Waals surface area contributed by atoms with E-state index >= 15 is 0 Å². The van der Waals surface area contributed by atoms with Gasteiger partial charge in [-0.25, -0.2) is 4.99 Å². The maximum absolute atomic E-state index is 11.8. The molecule has 1 saturated carbocycles. The Kier molecular flexibility index (Phi) is 7.54. The summed E-state index contributed by atoms with van der Waals surface area (Å²) in [5.41, 5.74) is 0.492. The Labute approximate surface area is 152 Å². The zero-order valence-corrected chi connectivity index (χ0v) is 16.4. The molecule has 1 heterocycles. The molecular formula is C19H36N4O2. The Morgan fingerprint density at radius 2 is 1.76 bits per heavy atom. The van der Waals surface area contributed by atoms with Gasteiger partial charge in [0.05, 0.1) is 6.61 Å². The van der Waals surface area contributed by atoms with Crippen molar-refractivity contribution in [2.24, 2.45) is 22.2 Å². The highest BCUT2D eigenvalue weighted by molar-refractivity contribution is 5.84. The fourth-order valence-corrected chi connectivity index (χ4v) is 3.35. The first-order valence-corrected chi connectivity index (χ1v) is 9.66. The molecule has 1 atom stereocenters. The first-order chi connectivity index (χ1) is 11.9. The second-order valence-electron chi connectivity index (χ2n) is 8.55. The number of guanidine groups is 1. The van der Waals surface area contributed by atoms with E-state index in [0.717, 1.165) is 38.7 Å². The van der Waals surface area contributed by atoms with Gasteiger partial charge in [0.25, 0.3) is 0 Å². The number of carbonyl (C=O) groups excluding carboxylic acids is 1. The van der Waals surface area contributed by atoms with Gasteiger partial charge in [0.15, 0.2) is 5.96 Å². The summed E-state index contributed by atoms with van der Waals surface area (Å²) in [6, 6.07) is 0. The lowest BCUT2D eigenvalue weighted by molar-refractivity contribution is -0.127. The van der Waals surface area contributed by atoms with Gasteiger partial charge in [0.2, 0.25) is 5.91 Å². The number of nitrogens with zero attached hydrogens (tertiary/aromatic N) is 2. The van der Waals surface area contributed by atoms with Crippen LogP contribution in [-0.2, 0) is 9.53 Å². The molecule has 144 valence electrons. The summed E-state index contributed by atoms with van der Waals surface area (Å²) in [5.74, 6) is 2.00. The SMILES string of the molecule is CN(C)C(=O)CN=C(NCC1CCC(C)(C)CC1)NCC1CCOC1. The summed E-state index contributed by atoms with van der Waals surface area (Å²) in [4.78, 5) is 17.9. The predicted molar refractivity (Wildman–Crippen MR) is 102 cm³/mol. The van der Waals surface area contributed by atoms with E-state index in [0.29, 0.717) is 17.3 Å². The third-order valence-corrected chi connectivity index (χ3v) is 5.47. The lowest BCUT2D eigenvalue weighted by Crippen LogP contribution is -2.43. The minimum absolute atomic E-state index is 0.0183. The summed E-state index contributed by atoms with van der Waals surface area (Å²) >= 11 is 0. The third kappa shape index (κ3) is 7.22. The lowest BCUT2D eigenvalue weighted by atomic mass is 9.73. The zero-order chi connectivity index (χ0) is 18.3. The van der Waals surface area contributed by atoms with Crippen LogP contribution in [0.4, 0.5) is 0 Å². The first kappa shape index (κ1) is 20.0. The van der Waals surface area contributed by atoms with Crippen LogP contribution in [0, 0.1) is 17.3 Å². The quantitative estimate of drug-likeness (QED) is 0.566. The smallest absolute Gasteiger partial charge is 0.243 e. The highest BCUT2D eigenvalue weighted by Crippen LogP contribution is 2.37. The number of ether oxygens (including phenoxy) is 1. The van der Waals surface area contributed by atoms with Gasteiger partial charge in [0.1, 0.15) is 6.54 Å². The largest absolute Gasteiger partial charge is 0.381 e. The van der Waals surface area contributed by atoms with E-state index in [1.807, 2.05) is 0 Å². The molecule has 0 bridgehead atoms. The summed E-state index contributed by atoms with van der Waals surface area (Å²) in [6.45, 7) is 8.35. The molecule has 0 spiro atoms. The van der Waals surface area contributed by atoms with Gasteiger partial charge >= 0.3 is 0 Å². The summed E-state index contributed by atoms with van der Waals surface area (Å²) in [5, 5.41) is 6.86. The zero-order valence-electron chi connectivity index (χ0n) is 16.4. The number of carbonyl (C=O) groups is 1. The minimum Gasteiger partial charge on any atom is -0.381 e. The van der Waals surface area contributed by atoms with Crippen molar-refractivity contribution < 1.29 is 9.53 Å². The number of likely N-dealkylation sites (N-methyl/N-ethyl adjacent to an activating group) is 1. The molecule has 2 rings (SSSR count). The van der Waals surface area contributed by atoms with Gasteiger partial charge in [-0.1, -0.05) is 13.8 Å². The molecule has 25 heavy (non-hydrogen) atoms. The predicted octanol–water partition coefficient (Wildman–Crippen LogP) is 1.86. The fraction of sp³-hybridized carbons (Fsp3) is 0.895. The van der Waals surface area contributed by atoms with Crippen molar-refractivity contribution in [3.63, 3.8) is 0 Å². The minimum atomic E-state index is 0.0183. The molecular weight excluding hydrogens is 316 g/mol. The maximum atomic E-state index is 11.8. The molecule has 2 N–H and O–H groups in total. The molecule has 0 aromatic carbocycles. The topological polar surface area (TPSA) is 66.0 Å². The van der Waals surface area contributed by atoms with Crippen LogP contribution >= 0.6 is 0 Å². The molecule has 1 unspecified atom stereocenters. The van der Waals surface area contributed by atoms with Crippen LogP contribution in [0.15, 0.2) is 4.99 Å². The van der Waals surface area contributed by atoms with E-state index in [1.54, 1.807) is 19.0 Å². The van der Waals surface area contributed by atoms with Crippen LogP contribution in [0.2, 0.25) is 0 Å². The van der Waals surface area contributed by atoms with E-state index < -0.39 is 0 Å². The van der Waals surface area contributed by atoms with Crippen LogP contribution in [0.1, 0.15) is 46.0 Å². The number of aliphatic imine (C=N–C) groups is 1. The molecule has 1 saturated heterocycles. The summed E-state index contributed by atoms with van der Waals surface area (Å²) < 4.78 is 5.43. The Morgan fingerprint density at radius 3 is 2.32 bits per heavy atom. The van der Waals surface area contributed by atoms with E-state index in [9.17, 15) is 4.79 Å². The Bertz CT molecular complexity index is 446. The van der Waals surface area contributed by atoms with Crippen LogP contribution in [-0.4, -0.2) is 63.7 Å². The van der Waals surface area contributed by atoms with Gasteiger partial charge in [-0.05, 0) is 43.4 Å². The van der Waals surface area contributed by atoms with Gasteiger partial charge in [-0.3, -0.25) is 4.79 Å². The third-order valence-electron chi connectivity index (χ3n) is 5.47. The molecule has 1 aliphatic carbocycles. The normalized spacial score (nSPS) is 24.2. The molecule has 1 amide bonds. The van der Waals surface area contributed by atoms with Gasteiger partial charge in [-0.15, -0.1) is 0 Å². The van der Waals surface area contributed by atoms with Crippen LogP contribution in [0.3, 0.4) is 0 Å².